The second kappa shape index (κ2) is 5.13. The van der Waals surface area contributed by atoms with E-state index in [4.69, 9.17) is 10.5 Å². The molecule has 0 saturated carbocycles. The fourth-order valence-corrected chi connectivity index (χ4v) is 1.41. The van der Waals surface area contributed by atoms with Crippen molar-refractivity contribution in [3.05, 3.63) is 58.4 Å². The van der Waals surface area contributed by atoms with E-state index >= 15 is 0 Å². The second-order valence-corrected chi connectivity index (χ2v) is 3.60. The van der Waals surface area contributed by atoms with Crippen molar-refractivity contribution in [2.24, 2.45) is 5.73 Å². The summed E-state index contributed by atoms with van der Waals surface area (Å²) < 4.78 is 5.41. The van der Waals surface area contributed by atoms with Gasteiger partial charge in [-0.25, -0.2) is 0 Å². The minimum atomic E-state index is -0.676. The van der Waals surface area contributed by atoms with Gasteiger partial charge in [0.05, 0.1) is 11.0 Å². The minimum absolute atomic E-state index is 0.0583. The van der Waals surface area contributed by atoms with E-state index in [0.29, 0.717) is 5.75 Å². The lowest BCUT2D eigenvalue weighted by Gasteiger charge is -2.05. The molecule has 0 atom stereocenters. The number of carbonyl (C=O) groups is 1. The van der Waals surface area contributed by atoms with Gasteiger partial charge < -0.3 is 10.5 Å². The molecule has 2 rings (SSSR count). The summed E-state index contributed by atoms with van der Waals surface area (Å²) in [6.45, 7) is 0. The third-order valence-corrected chi connectivity index (χ3v) is 2.25. The van der Waals surface area contributed by atoms with Crippen LogP contribution in [0.2, 0.25) is 0 Å². The van der Waals surface area contributed by atoms with E-state index in [1.54, 1.807) is 6.07 Å². The first-order chi connectivity index (χ1) is 9.06. The number of carbonyl (C=O) groups excluding carboxylic acids is 1. The van der Waals surface area contributed by atoms with E-state index in [2.05, 4.69) is 4.98 Å². The maximum Gasteiger partial charge on any atom is 0.273 e. The Morgan fingerprint density at radius 1 is 1.26 bits per heavy atom. The van der Waals surface area contributed by atoms with Crippen LogP contribution in [0.25, 0.3) is 0 Å². The Hall–Kier alpha value is -2.96. The molecule has 7 heteroatoms. The number of hydrogen-bond acceptors (Lipinski definition) is 5. The molecule has 1 aromatic carbocycles. The van der Waals surface area contributed by atoms with Crippen molar-refractivity contribution < 1.29 is 14.5 Å². The Morgan fingerprint density at radius 3 is 2.68 bits per heavy atom. The zero-order chi connectivity index (χ0) is 13.8. The van der Waals surface area contributed by atoms with Crippen LogP contribution in [0.1, 0.15) is 10.5 Å². The highest BCUT2D eigenvalue weighted by Crippen LogP contribution is 2.25. The normalized spacial score (nSPS) is 9.89. The highest BCUT2D eigenvalue weighted by molar-refractivity contribution is 5.91. The lowest BCUT2D eigenvalue weighted by atomic mass is 10.3. The van der Waals surface area contributed by atoms with Crippen LogP contribution in [0.15, 0.2) is 42.6 Å². The number of nitro groups is 1. The van der Waals surface area contributed by atoms with Crippen LogP contribution < -0.4 is 10.5 Å². The topological polar surface area (TPSA) is 108 Å². The van der Waals surface area contributed by atoms with E-state index in [1.807, 2.05) is 0 Å². The molecule has 7 nitrogen and oxygen atoms in total. The lowest BCUT2D eigenvalue weighted by Crippen LogP contribution is -2.12. The average Bonchev–Trinajstić information content (AvgIpc) is 2.39. The van der Waals surface area contributed by atoms with Gasteiger partial charge in [-0.1, -0.05) is 6.07 Å². The number of primary amides is 1. The number of benzene rings is 1. The summed E-state index contributed by atoms with van der Waals surface area (Å²) in [5.41, 5.74) is 5.07. The minimum Gasteiger partial charge on any atom is -0.457 e. The standard InChI is InChI=1S/C12H9N3O4/c13-12(16)11-7-10(4-5-14-11)19-9-3-1-2-8(6-9)15(17)18/h1-7H,(H2,13,16). The number of nitrogens with zero attached hydrogens (tertiary/aromatic N) is 2. The number of nitrogens with two attached hydrogens (primary N) is 1. The number of nitro benzene ring substituents is 1. The van der Waals surface area contributed by atoms with Gasteiger partial charge in [0.25, 0.3) is 11.6 Å². The van der Waals surface area contributed by atoms with Crippen LogP contribution in [0, 0.1) is 10.1 Å². The van der Waals surface area contributed by atoms with Crippen LogP contribution in [0.3, 0.4) is 0 Å². The SMILES string of the molecule is NC(=O)c1cc(Oc2cccc([N+](=O)[O-])c2)ccn1. The zero-order valence-corrected chi connectivity index (χ0v) is 9.65. The predicted octanol–water partition coefficient (Wildman–Crippen LogP) is 1.88. The average molecular weight is 259 g/mol. The second-order valence-electron chi connectivity index (χ2n) is 3.60. The molecular weight excluding hydrogens is 250 g/mol. The Labute approximate surface area is 107 Å². The van der Waals surface area contributed by atoms with Crippen LogP contribution in [-0.2, 0) is 0 Å². The van der Waals surface area contributed by atoms with Gasteiger partial charge in [0.15, 0.2) is 0 Å². The van der Waals surface area contributed by atoms with Crippen molar-refractivity contribution in [3.8, 4) is 11.5 Å². The summed E-state index contributed by atoms with van der Waals surface area (Å²) in [7, 11) is 0. The fraction of sp³-hybridized carbons (Fsp3) is 0. The molecular formula is C12H9N3O4. The molecule has 96 valence electrons. The Bertz CT molecular complexity index is 587. The zero-order valence-electron chi connectivity index (χ0n) is 9.65. The molecule has 0 radical (unpaired) electrons. The number of non-ortho nitro benzene ring substituents is 1. The third-order valence-electron chi connectivity index (χ3n) is 2.25. The van der Waals surface area contributed by atoms with E-state index in [0.717, 1.165) is 0 Å². The van der Waals surface area contributed by atoms with Crippen molar-refractivity contribution in [3.63, 3.8) is 0 Å². The van der Waals surface area contributed by atoms with Crippen molar-refractivity contribution >= 4 is 11.6 Å². The summed E-state index contributed by atoms with van der Waals surface area (Å²) >= 11 is 0. The quantitative estimate of drug-likeness (QED) is 0.666. The molecule has 1 aromatic heterocycles. The smallest absolute Gasteiger partial charge is 0.273 e. The Morgan fingerprint density at radius 2 is 2.00 bits per heavy atom. The summed E-state index contributed by atoms with van der Waals surface area (Å²) in [6, 6.07) is 8.59. The first-order valence-corrected chi connectivity index (χ1v) is 5.24. The molecule has 0 bridgehead atoms. The van der Waals surface area contributed by atoms with Crippen molar-refractivity contribution in [1.82, 2.24) is 4.98 Å². The van der Waals surface area contributed by atoms with E-state index in [1.165, 1.54) is 36.5 Å². The van der Waals surface area contributed by atoms with Gasteiger partial charge in [-0.2, -0.15) is 0 Å². The van der Waals surface area contributed by atoms with Gasteiger partial charge in [0.2, 0.25) is 0 Å². The number of rotatable bonds is 4. The van der Waals surface area contributed by atoms with E-state index < -0.39 is 10.8 Å². The lowest BCUT2D eigenvalue weighted by molar-refractivity contribution is -0.384. The number of ether oxygens (including phenoxy) is 1. The van der Waals surface area contributed by atoms with Crippen molar-refractivity contribution in [1.29, 1.82) is 0 Å². The first-order valence-electron chi connectivity index (χ1n) is 5.24. The monoisotopic (exact) mass is 259 g/mol. The van der Waals surface area contributed by atoms with Gasteiger partial charge in [-0.15, -0.1) is 0 Å². The Kier molecular flexibility index (Phi) is 3.37. The Balaban J connectivity index is 2.26. The summed E-state index contributed by atoms with van der Waals surface area (Å²) in [4.78, 5) is 24.8. The molecule has 1 heterocycles. The molecule has 1 amide bonds. The fourth-order valence-electron chi connectivity index (χ4n) is 1.41. The van der Waals surface area contributed by atoms with Gasteiger partial charge in [-0.3, -0.25) is 19.9 Å². The van der Waals surface area contributed by atoms with Crippen molar-refractivity contribution in [2.45, 2.75) is 0 Å². The molecule has 0 aliphatic rings. The molecule has 0 saturated heterocycles. The number of amides is 1. The summed E-state index contributed by atoms with van der Waals surface area (Å²) in [5.74, 6) is -0.0652. The molecule has 2 N–H and O–H groups in total. The van der Waals surface area contributed by atoms with Crippen LogP contribution in [0.5, 0.6) is 11.5 Å². The first kappa shape index (κ1) is 12.5. The summed E-state index contributed by atoms with van der Waals surface area (Å²) in [5, 5.41) is 10.6. The third kappa shape index (κ3) is 3.03. The van der Waals surface area contributed by atoms with Crippen molar-refractivity contribution in [2.75, 3.05) is 0 Å². The van der Waals surface area contributed by atoms with Gasteiger partial charge in [0, 0.05) is 18.3 Å². The molecule has 0 aliphatic heterocycles. The molecule has 0 unspecified atom stereocenters. The number of hydrogen-bond donors (Lipinski definition) is 1. The number of aromatic nitrogens is 1. The van der Waals surface area contributed by atoms with Crippen LogP contribution in [0.4, 0.5) is 5.69 Å². The highest BCUT2D eigenvalue weighted by atomic mass is 16.6. The van der Waals surface area contributed by atoms with Gasteiger partial charge >= 0.3 is 0 Å². The van der Waals surface area contributed by atoms with E-state index in [-0.39, 0.29) is 17.1 Å². The predicted molar refractivity (Wildman–Crippen MR) is 65.9 cm³/mol. The van der Waals surface area contributed by atoms with Crippen LogP contribution >= 0.6 is 0 Å². The molecule has 0 aliphatic carbocycles. The molecule has 19 heavy (non-hydrogen) atoms. The van der Waals surface area contributed by atoms with Crippen LogP contribution in [-0.4, -0.2) is 15.8 Å². The maximum absolute atomic E-state index is 11.0. The largest absolute Gasteiger partial charge is 0.457 e. The van der Waals surface area contributed by atoms with Gasteiger partial charge in [0.1, 0.15) is 17.2 Å². The molecule has 0 spiro atoms. The molecule has 2 aromatic rings. The highest BCUT2D eigenvalue weighted by Gasteiger charge is 2.08. The summed E-state index contributed by atoms with van der Waals surface area (Å²) in [6.07, 6.45) is 1.37. The van der Waals surface area contributed by atoms with E-state index in [9.17, 15) is 14.9 Å². The number of pyridine rings is 1. The maximum atomic E-state index is 11.0. The molecule has 0 fully saturated rings. The van der Waals surface area contributed by atoms with Gasteiger partial charge in [-0.05, 0) is 12.1 Å².